The minimum Gasteiger partial charge on any atom is -0.305 e. The van der Waals surface area contributed by atoms with Gasteiger partial charge in [0, 0.05) is 37.2 Å². The predicted molar refractivity (Wildman–Crippen MR) is 227 cm³/mol. The fraction of sp³-hybridized carbons (Fsp3) is 0.292. The van der Waals surface area contributed by atoms with Gasteiger partial charge in [-0.05, 0) is 74.4 Å². The average Bonchev–Trinajstić information content (AvgIpc) is 3.54. The van der Waals surface area contributed by atoms with Gasteiger partial charge >= 0.3 is 0 Å². The molecule has 3 aromatic heterocycles. The molecule has 0 aliphatic heterocycles. The molecule has 7 aromatic rings. The molecule has 0 amide bonds. The molecule has 2 nitrogen and oxygen atoms in total. The van der Waals surface area contributed by atoms with E-state index >= 15 is 0 Å². The number of hydrogen-bond donors (Lipinski definition) is 0. The second kappa shape index (κ2) is 16.7. The molecule has 1 saturated carbocycles. The summed E-state index contributed by atoms with van der Waals surface area (Å²) in [5, 5.41) is 4.11. The van der Waals surface area contributed by atoms with Crippen molar-refractivity contribution in [3.05, 3.63) is 139 Å². The number of pyridine rings is 2. The molecule has 3 heterocycles. The van der Waals surface area contributed by atoms with Crippen molar-refractivity contribution in [1.29, 1.82) is 0 Å². The topological polar surface area (TPSA) is 25.8 Å². The Kier molecular flexibility index (Phi) is 12.3. The summed E-state index contributed by atoms with van der Waals surface area (Å²) in [6.07, 6.45) is 11.9. The first-order valence-corrected chi connectivity index (χ1v) is 23.2. The van der Waals surface area contributed by atoms with Crippen LogP contribution in [-0.2, 0) is 26.5 Å². The maximum absolute atomic E-state index is 4.78. The van der Waals surface area contributed by atoms with Crippen LogP contribution >= 0.6 is 11.3 Å². The maximum Gasteiger partial charge on any atom is 0.0798 e. The molecule has 8 rings (SSSR count). The first-order valence-electron chi connectivity index (χ1n) is 18.9. The van der Waals surface area contributed by atoms with Gasteiger partial charge in [0.1, 0.15) is 0 Å². The summed E-state index contributed by atoms with van der Waals surface area (Å²) in [4.78, 5) is 9.49. The second-order valence-corrected chi connectivity index (χ2v) is 22.6. The number of hydrogen-bond acceptors (Lipinski definition) is 3. The van der Waals surface area contributed by atoms with Gasteiger partial charge in [-0.15, -0.1) is 59.7 Å². The number of benzene rings is 4. The smallest absolute Gasteiger partial charge is 0.0798 e. The van der Waals surface area contributed by atoms with Gasteiger partial charge in [-0.3, -0.25) is 0 Å². The summed E-state index contributed by atoms with van der Waals surface area (Å²) in [5.41, 5.74) is 10.1. The Morgan fingerprint density at radius 1 is 0.736 bits per heavy atom. The van der Waals surface area contributed by atoms with Gasteiger partial charge in [-0.1, -0.05) is 137 Å². The minimum atomic E-state index is -1.37. The maximum atomic E-state index is 4.78. The quantitative estimate of drug-likeness (QED) is 0.123. The molecule has 1 aliphatic carbocycles. The predicted octanol–water partition coefficient (Wildman–Crippen LogP) is 13.3. The first kappa shape index (κ1) is 39.0. The molecule has 5 heteroatoms. The molecule has 53 heavy (non-hydrogen) atoms. The van der Waals surface area contributed by atoms with E-state index < -0.39 is 8.07 Å². The number of nitrogens with zero attached hydrogens (tertiary/aromatic N) is 2. The first-order chi connectivity index (χ1) is 25.0. The van der Waals surface area contributed by atoms with E-state index in [1.807, 2.05) is 35.7 Å². The summed E-state index contributed by atoms with van der Waals surface area (Å²) < 4.78 is 2.63. The summed E-state index contributed by atoms with van der Waals surface area (Å²) in [6.45, 7) is 14.1. The van der Waals surface area contributed by atoms with Gasteiger partial charge in [-0.25, -0.2) is 0 Å². The Bertz CT molecular complexity index is 2280. The van der Waals surface area contributed by atoms with Crippen molar-refractivity contribution in [3.8, 4) is 33.6 Å². The van der Waals surface area contributed by atoms with Crippen LogP contribution < -0.4 is 5.19 Å². The number of aromatic nitrogens is 2. The monoisotopic (exact) mass is 907 g/mol. The van der Waals surface area contributed by atoms with Crippen molar-refractivity contribution < 1.29 is 20.1 Å². The summed E-state index contributed by atoms with van der Waals surface area (Å²) in [5.74, 6) is 0.682. The molecule has 273 valence electrons. The van der Waals surface area contributed by atoms with Gasteiger partial charge < -0.3 is 9.97 Å². The van der Waals surface area contributed by atoms with E-state index in [-0.39, 0.29) is 25.5 Å². The van der Waals surface area contributed by atoms with Gasteiger partial charge in [0.2, 0.25) is 0 Å². The van der Waals surface area contributed by atoms with Crippen molar-refractivity contribution in [1.82, 2.24) is 9.97 Å². The molecular weight excluding hydrogens is 857 g/mol. The van der Waals surface area contributed by atoms with Crippen LogP contribution in [0.4, 0.5) is 0 Å². The average molecular weight is 907 g/mol. The number of thiophene rings is 1. The van der Waals surface area contributed by atoms with E-state index in [4.69, 9.17) is 9.97 Å². The third-order valence-corrected chi connectivity index (χ3v) is 13.5. The Balaban J connectivity index is 0.000000193. The molecule has 1 fully saturated rings. The van der Waals surface area contributed by atoms with Crippen LogP contribution in [0.1, 0.15) is 69.9 Å². The molecule has 0 saturated heterocycles. The van der Waals surface area contributed by atoms with Crippen LogP contribution in [0, 0.1) is 17.5 Å². The molecule has 1 radical (unpaired) electrons. The van der Waals surface area contributed by atoms with Gasteiger partial charge in [0.15, 0.2) is 0 Å². The Hall–Kier alpha value is -3.73. The minimum absolute atomic E-state index is 0. The number of fused-ring (bicyclic) bond motifs is 3. The molecule has 0 spiro atoms. The fourth-order valence-corrected chi connectivity index (χ4v) is 10.6. The zero-order valence-electron chi connectivity index (χ0n) is 31.9. The van der Waals surface area contributed by atoms with Crippen LogP contribution in [0.15, 0.2) is 116 Å². The van der Waals surface area contributed by atoms with E-state index in [1.54, 1.807) is 0 Å². The van der Waals surface area contributed by atoms with E-state index in [0.717, 1.165) is 28.9 Å². The van der Waals surface area contributed by atoms with Crippen molar-refractivity contribution in [2.24, 2.45) is 5.41 Å². The van der Waals surface area contributed by atoms with Crippen LogP contribution in [0.2, 0.25) is 19.6 Å². The van der Waals surface area contributed by atoms with Crippen molar-refractivity contribution in [2.75, 3.05) is 0 Å². The molecule has 1 aliphatic rings. The van der Waals surface area contributed by atoms with Gasteiger partial charge in [0.25, 0.3) is 0 Å². The largest absolute Gasteiger partial charge is 0.305 e. The fourth-order valence-electron chi connectivity index (χ4n) is 7.66. The van der Waals surface area contributed by atoms with Crippen LogP contribution in [-0.4, -0.2) is 18.0 Å². The third-order valence-electron chi connectivity index (χ3n) is 10.2. The SMILES string of the molecule is CC(C)(C)Cc1cc(-c2[c-]cccc2)ncc1[Si](C)(C)C.[Ir].[c-]1ccc2c(sc3c(-c4ccccc4)cccc32)c1-c1cc(C2CCCCC2)ccn1. The third kappa shape index (κ3) is 9.15. The standard InChI is InChI=1S/C29H24NS.C19H26NSi.Ir/c1-3-9-20(10-4-1)22-17-18-30-27(19-22)26-16-8-15-25-24-14-7-13-23(28(24)31-29(25)26)21-11-5-2-6-12-21;1-19(2,3)13-16-12-17(15-10-8-7-9-11-15)20-14-18(16)21(4,5)6;/h2,5-8,11-15,17-20H,1,3-4,9-10H2;7-10,12,14H,13H2,1-6H3;/q2*-1;. The Morgan fingerprint density at radius 3 is 2.21 bits per heavy atom. The summed E-state index contributed by atoms with van der Waals surface area (Å²) in [6, 6.07) is 43.3. The summed E-state index contributed by atoms with van der Waals surface area (Å²) in [7, 11) is -1.37. The van der Waals surface area contributed by atoms with Crippen molar-refractivity contribution in [2.45, 2.75) is 84.9 Å². The second-order valence-electron chi connectivity index (χ2n) is 16.5. The van der Waals surface area contributed by atoms with E-state index in [0.29, 0.717) is 5.92 Å². The van der Waals surface area contributed by atoms with Gasteiger partial charge in [-0.2, -0.15) is 11.3 Å². The van der Waals surface area contributed by atoms with E-state index in [1.165, 1.54) is 79.7 Å². The summed E-state index contributed by atoms with van der Waals surface area (Å²) >= 11 is 1.87. The zero-order chi connectivity index (χ0) is 36.3. The molecular formula is C48H50IrN2SSi-2. The Labute approximate surface area is 335 Å². The van der Waals surface area contributed by atoms with Crippen LogP contribution in [0.25, 0.3) is 53.8 Å². The molecule has 0 atom stereocenters. The zero-order valence-corrected chi connectivity index (χ0v) is 36.1. The van der Waals surface area contributed by atoms with Crippen molar-refractivity contribution in [3.63, 3.8) is 0 Å². The van der Waals surface area contributed by atoms with E-state index in [9.17, 15) is 0 Å². The van der Waals surface area contributed by atoms with Crippen LogP contribution in [0.5, 0.6) is 0 Å². The molecule has 0 unspecified atom stereocenters. The Morgan fingerprint density at radius 2 is 1.49 bits per heavy atom. The van der Waals surface area contributed by atoms with Crippen molar-refractivity contribution >= 4 is 44.8 Å². The molecule has 0 bridgehead atoms. The van der Waals surface area contributed by atoms with Crippen LogP contribution in [0.3, 0.4) is 0 Å². The normalized spacial score (nSPS) is 13.7. The number of rotatable bonds is 6. The van der Waals surface area contributed by atoms with Gasteiger partial charge in [0.05, 0.1) is 8.07 Å². The molecule has 4 aromatic carbocycles. The van der Waals surface area contributed by atoms with E-state index in [2.05, 4.69) is 144 Å². The molecule has 0 N–H and O–H groups in total.